The van der Waals surface area contributed by atoms with Gasteiger partial charge in [-0.15, -0.1) is 0 Å². The van der Waals surface area contributed by atoms with Crippen molar-refractivity contribution in [2.45, 2.75) is 19.2 Å². The summed E-state index contributed by atoms with van der Waals surface area (Å²) in [4.78, 5) is 0. The molecule has 0 aliphatic heterocycles. The van der Waals surface area contributed by atoms with Gasteiger partial charge in [-0.05, 0) is 55.3 Å². The zero-order valence-electron chi connectivity index (χ0n) is 17.4. The maximum atomic E-state index is 6.62. The second-order valence-electron chi connectivity index (χ2n) is 7.44. The Morgan fingerprint density at radius 3 is 1.33 bits per heavy atom. The standard InChI is InChI=1S/C28H28OP/c1-24(29-23-22-25-14-6-2-7-15-25)30(26-16-8-3-9-17-26,27-18-10-4-11-19-27)28-20-12-5-13-21-28/h2-21,24H,22-23H2,1H3/q+1. The molecule has 0 aliphatic carbocycles. The lowest BCUT2D eigenvalue weighted by atomic mass is 10.2. The number of hydrogen-bond donors (Lipinski definition) is 0. The molecule has 30 heavy (non-hydrogen) atoms. The Hall–Kier alpha value is -2.73. The first-order chi connectivity index (χ1) is 14.8. The third kappa shape index (κ3) is 4.24. The molecule has 0 heterocycles. The predicted molar refractivity (Wildman–Crippen MR) is 131 cm³/mol. The summed E-state index contributed by atoms with van der Waals surface area (Å²) in [6.45, 7) is 2.96. The van der Waals surface area contributed by atoms with Gasteiger partial charge >= 0.3 is 0 Å². The van der Waals surface area contributed by atoms with Crippen LogP contribution in [0.4, 0.5) is 0 Å². The predicted octanol–water partition coefficient (Wildman–Crippen LogP) is 5.59. The minimum atomic E-state index is -1.99. The molecule has 4 aromatic carbocycles. The van der Waals surface area contributed by atoms with Gasteiger partial charge in [-0.2, -0.15) is 0 Å². The third-order valence-corrected chi connectivity index (χ3v) is 10.2. The van der Waals surface area contributed by atoms with Crippen LogP contribution < -0.4 is 15.9 Å². The minimum absolute atomic E-state index is 0.0633. The van der Waals surface area contributed by atoms with E-state index in [2.05, 4.69) is 128 Å². The van der Waals surface area contributed by atoms with E-state index in [4.69, 9.17) is 4.74 Å². The summed E-state index contributed by atoms with van der Waals surface area (Å²) in [5.74, 6) is 0.0633. The van der Waals surface area contributed by atoms with Gasteiger partial charge in [-0.25, -0.2) is 0 Å². The molecule has 0 aliphatic rings. The average Bonchev–Trinajstić information content (AvgIpc) is 2.82. The van der Waals surface area contributed by atoms with Crippen molar-refractivity contribution in [3.05, 3.63) is 127 Å². The van der Waals surface area contributed by atoms with Crippen LogP contribution in [-0.4, -0.2) is 12.5 Å². The normalized spacial score (nSPS) is 12.4. The van der Waals surface area contributed by atoms with Gasteiger partial charge in [-0.3, -0.25) is 0 Å². The summed E-state index contributed by atoms with van der Waals surface area (Å²) in [7, 11) is -1.99. The van der Waals surface area contributed by atoms with Crippen LogP contribution >= 0.6 is 7.26 Å². The molecule has 4 aromatic rings. The van der Waals surface area contributed by atoms with E-state index in [1.165, 1.54) is 21.5 Å². The Labute approximate surface area is 180 Å². The molecule has 0 aromatic heterocycles. The molecule has 0 N–H and O–H groups in total. The molecule has 1 atom stereocenters. The molecule has 0 amide bonds. The van der Waals surface area contributed by atoms with Crippen LogP contribution in [0.2, 0.25) is 0 Å². The van der Waals surface area contributed by atoms with Crippen molar-refractivity contribution < 1.29 is 4.74 Å². The van der Waals surface area contributed by atoms with Crippen molar-refractivity contribution in [3.63, 3.8) is 0 Å². The Balaban J connectivity index is 1.76. The Kier molecular flexibility index (Phi) is 6.74. The first-order valence-electron chi connectivity index (χ1n) is 10.5. The maximum Gasteiger partial charge on any atom is 0.178 e. The van der Waals surface area contributed by atoms with Gasteiger partial charge < -0.3 is 4.74 Å². The zero-order chi connectivity index (χ0) is 20.7. The van der Waals surface area contributed by atoms with Crippen LogP contribution in [0.5, 0.6) is 0 Å². The van der Waals surface area contributed by atoms with Crippen molar-refractivity contribution in [2.24, 2.45) is 0 Å². The fraction of sp³-hybridized carbons (Fsp3) is 0.143. The molecule has 4 rings (SSSR count). The fourth-order valence-corrected chi connectivity index (χ4v) is 8.58. The van der Waals surface area contributed by atoms with Crippen LogP contribution in [-0.2, 0) is 11.2 Å². The summed E-state index contributed by atoms with van der Waals surface area (Å²) in [5.41, 5.74) is 1.31. The largest absolute Gasteiger partial charge is 0.342 e. The van der Waals surface area contributed by atoms with Crippen molar-refractivity contribution in [1.82, 2.24) is 0 Å². The molecule has 0 spiro atoms. The van der Waals surface area contributed by atoms with E-state index in [1.807, 2.05) is 0 Å². The van der Waals surface area contributed by atoms with Gasteiger partial charge in [0.25, 0.3) is 0 Å². The highest BCUT2D eigenvalue weighted by Crippen LogP contribution is 2.59. The molecular weight excluding hydrogens is 383 g/mol. The van der Waals surface area contributed by atoms with E-state index in [1.54, 1.807) is 0 Å². The zero-order valence-corrected chi connectivity index (χ0v) is 18.3. The number of ether oxygens (including phenoxy) is 1. The highest BCUT2D eigenvalue weighted by Gasteiger charge is 2.51. The number of hydrogen-bond acceptors (Lipinski definition) is 1. The first kappa shape index (κ1) is 20.5. The van der Waals surface area contributed by atoms with Crippen molar-refractivity contribution in [3.8, 4) is 0 Å². The van der Waals surface area contributed by atoms with Gasteiger partial charge in [0.15, 0.2) is 5.85 Å². The molecule has 0 saturated heterocycles. The van der Waals surface area contributed by atoms with Crippen molar-refractivity contribution in [1.29, 1.82) is 0 Å². The SMILES string of the molecule is CC(OCCc1ccccc1)[P+](c1ccccc1)(c1ccccc1)c1ccccc1. The Morgan fingerprint density at radius 1 is 0.567 bits per heavy atom. The van der Waals surface area contributed by atoms with Gasteiger partial charge in [0, 0.05) is 0 Å². The topological polar surface area (TPSA) is 9.23 Å². The molecule has 2 heteroatoms. The second-order valence-corrected chi connectivity index (χ2v) is 11.2. The van der Waals surface area contributed by atoms with Crippen molar-refractivity contribution in [2.75, 3.05) is 6.61 Å². The lowest BCUT2D eigenvalue weighted by Crippen LogP contribution is -2.39. The van der Waals surface area contributed by atoms with E-state index >= 15 is 0 Å². The van der Waals surface area contributed by atoms with E-state index in [0.717, 1.165) is 6.42 Å². The maximum absolute atomic E-state index is 6.62. The second kappa shape index (κ2) is 9.85. The molecule has 0 fully saturated rings. The summed E-state index contributed by atoms with van der Waals surface area (Å²) in [5, 5.41) is 4.07. The van der Waals surface area contributed by atoms with Crippen LogP contribution in [0.25, 0.3) is 0 Å². The summed E-state index contributed by atoms with van der Waals surface area (Å²) < 4.78 is 6.62. The monoisotopic (exact) mass is 411 g/mol. The summed E-state index contributed by atoms with van der Waals surface area (Å²) in [6.07, 6.45) is 0.920. The first-order valence-corrected chi connectivity index (χ1v) is 12.4. The average molecular weight is 412 g/mol. The van der Waals surface area contributed by atoms with Crippen molar-refractivity contribution >= 4 is 23.2 Å². The molecule has 1 unspecified atom stereocenters. The molecule has 1 nitrogen and oxygen atoms in total. The fourth-order valence-electron chi connectivity index (χ4n) is 4.17. The number of rotatable bonds is 8. The van der Waals surface area contributed by atoms with Gasteiger partial charge in [-0.1, -0.05) is 84.9 Å². The van der Waals surface area contributed by atoms with Crippen LogP contribution in [0.15, 0.2) is 121 Å². The molecule has 150 valence electrons. The molecule has 0 radical (unpaired) electrons. The molecule has 0 saturated carbocycles. The van der Waals surface area contributed by atoms with E-state index < -0.39 is 7.26 Å². The molecule has 0 bridgehead atoms. The van der Waals surface area contributed by atoms with E-state index in [-0.39, 0.29) is 5.85 Å². The highest BCUT2D eigenvalue weighted by atomic mass is 31.2. The summed E-state index contributed by atoms with van der Waals surface area (Å²) in [6, 6.07) is 43.3. The van der Waals surface area contributed by atoms with E-state index in [9.17, 15) is 0 Å². The smallest absolute Gasteiger partial charge is 0.178 e. The Bertz CT molecular complexity index is 921. The summed E-state index contributed by atoms with van der Waals surface area (Å²) >= 11 is 0. The van der Waals surface area contributed by atoms with Gasteiger partial charge in [0.1, 0.15) is 23.2 Å². The lowest BCUT2D eigenvalue weighted by Gasteiger charge is -2.32. The lowest BCUT2D eigenvalue weighted by molar-refractivity contribution is 0.123. The Morgan fingerprint density at radius 2 is 0.933 bits per heavy atom. The van der Waals surface area contributed by atoms with Crippen LogP contribution in [0, 0.1) is 0 Å². The minimum Gasteiger partial charge on any atom is -0.342 e. The third-order valence-electron chi connectivity index (χ3n) is 5.63. The quantitative estimate of drug-likeness (QED) is 0.344. The molecular formula is C28H28OP+. The van der Waals surface area contributed by atoms with Gasteiger partial charge in [0.2, 0.25) is 0 Å². The highest BCUT2D eigenvalue weighted by molar-refractivity contribution is 7.96. The van der Waals surface area contributed by atoms with Crippen LogP contribution in [0.3, 0.4) is 0 Å². The number of benzene rings is 4. The van der Waals surface area contributed by atoms with E-state index in [0.29, 0.717) is 6.61 Å². The van der Waals surface area contributed by atoms with Gasteiger partial charge in [0.05, 0.1) is 6.61 Å². The van der Waals surface area contributed by atoms with Crippen LogP contribution in [0.1, 0.15) is 12.5 Å².